The predicted octanol–water partition coefficient (Wildman–Crippen LogP) is 13.8. The molecule has 0 aromatic heterocycles. The van der Waals surface area contributed by atoms with Gasteiger partial charge in [-0.3, -0.25) is 0 Å². The van der Waals surface area contributed by atoms with E-state index in [1.807, 2.05) is 11.8 Å². The van der Waals surface area contributed by atoms with Crippen LogP contribution in [0.15, 0.2) is 192 Å². The van der Waals surface area contributed by atoms with Crippen LogP contribution < -0.4 is 21.3 Å². The fourth-order valence-electron chi connectivity index (χ4n) is 9.20. The Labute approximate surface area is 354 Å². The molecule has 8 aromatic carbocycles. The van der Waals surface area contributed by atoms with E-state index in [4.69, 9.17) is 0 Å². The van der Waals surface area contributed by atoms with Crippen LogP contribution in [0, 0.1) is 0 Å². The summed E-state index contributed by atoms with van der Waals surface area (Å²) in [5.74, 6) is 0. The lowest BCUT2D eigenvalue weighted by molar-refractivity contribution is 0.589. The number of rotatable bonds is 8. The van der Waals surface area contributed by atoms with Crippen LogP contribution in [0.2, 0.25) is 0 Å². The van der Waals surface area contributed by atoms with Gasteiger partial charge >= 0.3 is 0 Å². The summed E-state index contributed by atoms with van der Waals surface area (Å²) < 4.78 is 0. The summed E-state index contributed by atoms with van der Waals surface area (Å²) in [6, 6.07) is 68.3. The summed E-state index contributed by atoms with van der Waals surface area (Å²) in [4.78, 5) is 5.38. The first-order valence-electron chi connectivity index (χ1n) is 21.2. The molecular formula is C56H48BNS. The average molecular weight is 778 g/mol. The molecule has 8 aromatic rings. The highest BCUT2D eigenvalue weighted by Gasteiger charge is 2.43. The maximum Gasteiger partial charge on any atom is 0.249 e. The Balaban J connectivity index is 1.31. The second kappa shape index (κ2) is 15.3. The van der Waals surface area contributed by atoms with E-state index in [9.17, 15) is 0 Å². The average Bonchev–Trinajstić information content (AvgIpc) is 3.28. The summed E-state index contributed by atoms with van der Waals surface area (Å²) in [6.07, 6.45) is 3.23. The van der Waals surface area contributed by atoms with Crippen LogP contribution in [0.5, 0.6) is 0 Å². The van der Waals surface area contributed by atoms with Crippen LogP contribution in [-0.4, -0.2) is 6.71 Å². The van der Waals surface area contributed by atoms with Gasteiger partial charge < -0.3 is 4.90 Å². The van der Waals surface area contributed by atoms with Gasteiger partial charge in [-0.15, -0.1) is 0 Å². The van der Waals surface area contributed by atoms with Crippen molar-refractivity contribution in [3.8, 4) is 44.5 Å². The smallest absolute Gasteiger partial charge is 0.249 e. The van der Waals surface area contributed by atoms with Crippen LogP contribution in [0.4, 0.5) is 17.1 Å². The Hall–Kier alpha value is -6.03. The molecule has 59 heavy (non-hydrogen) atoms. The Bertz CT molecular complexity index is 2810. The van der Waals surface area contributed by atoms with Gasteiger partial charge in [0.05, 0.1) is 5.69 Å². The van der Waals surface area contributed by atoms with E-state index < -0.39 is 0 Å². The highest BCUT2D eigenvalue weighted by Crippen LogP contribution is 2.49. The molecule has 10 rings (SSSR count). The van der Waals surface area contributed by atoms with E-state index in [2.05, 4.69) is 215 Å². The van der Waals surface area contributed by atoms with Crippen molar-refractivity contribution in [1.29, 1.82) is 0 Å². The molecule has 0 spiro atoms. The van der Waals surface area contributed by atoms with E-state index in [1.54, 1.807) is 0 Å². The van der Waals surface area contributed by atoms with Crippen molar-refractivity contribution < 1.29 is 0 Å². The van der Waals surface area contributed by atoms with Crippen LogP contribution in [-0.2, 0) is 11.8 Å². The lowest BCUT2D eigenvalue weighted by Gasteiger charge is -2.43. The molecule has 0 amide bonds. The summed E-state index contributed by atoms with van der Waals surface area (Å²) in [5.41, 5.74) is 20.7. The lowest BCUT2D eigenvalue weighted by Crippen LogP contribution is -2.60. The molecule has 0 saturated carbocycles. The highest BCUT2D eigenvalue weighted by molar-refractivity contribution is 8.00. The van der Waals surface area contributed by atoms with Crippen molar-refractivity contribution >= 4 is 51.9 Å². The molecule has 0 N–H and O–H groups in total. The molecule has 3 heteroatoms. The van der Waals surface area contributed by atoms with Crippen LogP contribution in [0.1, 0.15) is 51.7 Å². The number of aryl methyl sites for hydroxylation is 1. The van der Waals surface area contributed by atoms with Crippen molar-refractivity contribution in [2.75, 3.05) is 4.90 Å². The minimum absolute atomic E-state index is 0.0490. The number of hydrogen-bond acceptors (Lipinski definition) is 2. The maximum atomic E-state index is 2.68. The van der Waals surface area contributed by atoms with Gasteiger partial charge in [-0.25, -0.2) is 0 Å². The van der Waals surface area contributed by atoms with E-state index in [0.29, 0.717) is 0 Å². The number of benzene rings is 8. The monoisotopic (exact) mass is 777 g/mol. The van der Waals surface area contributed by atoms with E-state index >= 15 is 0 Å². The third-order valence-electron chi connectivity index (χ3n) is 12.3. The highest BCUT2D eigenvalue weighted by atomic mass is 32.2. The minimum atomic E-state index is -0.0490. The summed E-state index contributed by atoms with van der Waals surface area (Å²) >= 11 is 1.95. The first-order chi connectivity index (χ1) is 28.9. The standard InChI is InChI=1S/C56H48BNS/c1-5-6-19-44-32-45(40-24-15-9-16-25-40)33-47(41-26-17-10-18-27-41)55(44)58-50-30-28-42(38-20-11-7-12-21-38)34-48(50)57-49-35-43(39-22-13-8-14-23-39)29-31-52(49)59-53-37-46(56(2,3)4)36-51(58)54(53)57/h7-18,20-37H,5-6,19H2,1-4H3. The van der Waals surface area contributed by atoms with Crippen molar-refractivity contribution in [3.05, 3.63) is 193 Å². The van der Waals surface area contributed by atoms with Crippen LogP contribution in [0.3, 0.4) is 0 Å². The van der Waals surface area contributed by atoms with Gasteiger partial charge in [0.15, 0.2) is 0 Å². The molecule has 2 heterocycles. The molecule has 1 nitrogen and oxygen atoms in total. The maximum absolute atomic E-state index is 2.68. The molecule has 0 bridgehead atoms. The quantitative estimate of drug-likeness (QED) is 0.141. The zero-order valence-corrected chi connectivity index (χ0v) is 35.2. The summed E-state index contributed by atoms with van der Waals surface area (Å²) in [6.45, 7) is 9.45. The third-order valence-corrected chi connectivity index (χ3v) is 13.4. The molecule has 0 unspecified atom stereocenters. The van der Waals surface area contributed by atoms with Gasteiger partial charge in [0.1, 0.15) is 0 Å². The summed E-state index contributed by atoms with van der Waals surface area (Å²) in [7, 11) is 0. The fourth-order valence-corrected chi connectivity index (χ4v) is 10.4. The molecule has 0 saturated heterocycles. The fraction of sp³-hybridized carbons (Fsp3) is 0.143. The lowest BCUT2D eigenvalue weighted by atomic mass is 9.34. The number of nitrogens with zero attached hydrogens (tertiary/aromatic N) is 1. The second-order valence-corrected chi connectivity index (χ2v) is 18.2. The van der Waals surface area contributed by atoms with Gasteiger partial charge in [0.25, 0.3) is 0 Å². The molecular weight excluding hydrogens is 730 g/mol. The Kier molecular flexibility index (Phi) is 9.66. The number of unbranched alkanes of at least 4 members (excludes halogenated alkanes) is 1. The van der Waals surface area contributed by atoms with E-state index in [0.717, 1.165) is 19.3 Å². The molecule has 0 aliphatic carbocycles. The summed E-state index contributed by atoms with van der Waals surface area (Å²) in [5, 5.41) is 0. The largest absolute Gasteiger partial charge is 0.311 e. The van der Waals surface area contributed by atoms with E-state index in [-0.39, 0.29) is 12.1 Å². The second-order valence-electron chi connectivity index (χ2n) is 17.2. The third kappa shape index (κ3) is 6.82. The van der Waals surface area contributed by atoms with Crippen molar-refractivity contribution in [2.45, 2.75) is 62.2 Å². The van der Waals surface area contributed by atoms with E-state index in [1.165, 1.54) is 98.9 Å². The van der Waals surface area contributed by atoms with Gasteiger partial charge in [-0.1, -0.05) is 197 Å². The zero-order valence-electron chi connectivity index (χ0n) is 34.4. The number of hydrogen-bond donors (Lipinski definition) is 0. The van der Waals surface area contributed by atoms with Crippen molar-refractivity contribution in [2.24, 2.45) is 0 Å². The number of fused-ring (bicyclic) bond motifs is 4. The van der Waals surface area contributed by atoms with Crippen molar-refractivity contribution in [3.63, 3.8) is 0 Å². The molecule has 0 fully saturated rings. The first-order valence-corrected chi connectivity index (χ1v) is 22.0. The number of anilines is 3. The Morgan fingerprint density at radius 1 is 0.492 bits per heavy atom. The van der Waals surface area contributed by atoms with Crippen LogP contribution >= 0.6 is 11.8 Å². The normalized spacial score (nSPS) is 12.8. The molecule has 0 radical (unpaired) electrons. The predicted molar refractivity (Wildman–Crippen MR) is 255 cm³/mol. The Morgan fingerprint density at radius 3 is 1.64 bits per heavy atom. The molecule has 2 aliphatic heterocycles. The zero-order chi connectivity index (χ0) is 40.1. The van der Waals surface area contributed by atoms with Gasteiger partial charge in [0.2, 0.25) is 6.71 Å². The molecule has 286 valence electrons. The first kappa shape index (κ1) is 37.3. The van der Waals surface area contributed by atoms with Gasteiger partial charge in [0, 0.05) is 26.7 Å². The van der Waals surface area contributed by atoms with Gasteiger partial charge in [-0.05, 0) is 116 Å². The minimum Gasteiger partial charge on any atom is -0.311 e. The SMILES string of the molecule is CCCCc1cc(-c2ccccc2)cc(-c2ccccc2)c1N1c2ccc(-c3ccccc3)cc2B2c3cc(-c4ccccc4)ccc3Sc3cc(C(C)(C)C)cc1c32. The molecule has 2 aliphatic rings. The Morgan fingerprint density at radius 2 is 1.05 bits per heavy atom. The van der Waals surface area contributed by atoms with Crippen LogP contribution in [0.25, 0.3) is 44.5 Å². The van der Waals surface area contributed by atoms with Crippen molar-refractivity contribution in [1.82, 2.24) is 0 Å². The molecule has 0 atom stereocenters. The topological polar surface area (TPSA) is 3.24 Å². The van der Waals surface area contributed by atoms with Gasteiger partial charge in [-0.2, -0.15) is 0 Å².